The molecule has 0 saturated heterocycles. The second-order valence-electron chi connectivity index (χ2n) is 5.67. The van der Waals surface area contributed by atoms with Crippen LogP contribution in [-0.4, -0.2) is 10.9 Å². The van der Waals surface area contributed by atoms with E-state index in [4.69, 9.17) is 10.00 Å². The number of rotatable bonds is 6. The monoisotopic (exact) mass is 363 g/mol. The molecule has 0 fully saturated rings. The van der Waals surface area contributed by atoms with Gasteiger partial charge in [-0.1, -0.05) is 18.2 Å². The third kappa shape index (κ3) is 4.68. The summed E-state index contributed by atoms with van der Waals surface area (Å²) >= 11 is 1.58. The molecule has 0 saturated carbocycles. The first-order valence-corrected chi connectivity index (χ1v) is 8.93. The number of carbonyl (C=O) groups excluding carboxylic acids is 1. The van der Waals surface area contributed by atoms with Crippen molar-refractivity contribution in [3.8, 4) is 11.8 Å². The Hall–Kier alpha value is -3.17. The molecule has 1 amide bonds. The fourth-order valence-electron chi connectivity index (χ4n) is 2.39. The molecule has 0 aliphatic rings. The van der Waals surface area contributed by atoms with Gasteiger partial charge in [-0.25, -0.2) is 4.98 Å². The molecule has 0 radical (unpaired) electrons. The highest BCUT2D eigenvalue weighted by molar-refractivity contribution is 7.09. The number of benzene rings is 2. The van der Waals surface area contributed by atoms with Gasteiger partial charge in [-0.15, -0.1) is 11.3 Å². The van der Waals surface area contributed by atoms with Crippen LogP contribution >= 0.6 is 11.3 Å². The highest BCUT2D eigenvalue weighted by atomic mass is 32.1. The van der Waals surface area contributed by atoms with Crippen molar-refractivity contribution in [1.29, 1.82) is 5.26 Å². The second-order valence-corrected chi connectivity index (χ2v) is 6.73. The third-order valence-electron chi connectivity index (χ3n) is 3.66. The van der Waals surface area contributed by atoms with Gasteiger partial charge in [0.25, 0.3) is 5.91 Å². The van der Waals surface area contributed by atoms with Crippen LogP contribution in [0.2, 0.25) is 0 Å². The van der Waals surface area contributed by atoms with E-state index in [0.717, 1.165) is 16.3 Å². The Morgan fingerprint density at radius 2 is 2.12 bits per heavy atom. The summed E-state index contributed by atoms with van der Waals surface area (Å²) in [5, 5.41) is 14.7. The standard InChI is InChI=1S/C20H17N3O2S/c1-14-23-18(13-26-14)12-25-19-7-3-6-17(9-19)20(24)22-11-16-5-2-4-15(8-16)10-21/h2-9,13H,11-12H2,1H3,(H,22,24). The van der Waals surface area contributed by atoms with Gasteiger partial charge in [0.1, 0.15) is 12.4 Å². The van der Waals surface area contributed by atoms with Gasteiger partial charge < -0.3 is 10.1 Å². The first-order valence-electron chi connectivity index (χ1n) is 8.05. The lowest BCUT2D eigenvalue weighted by molar-refractivity contribution is 0.0950. The molecule has 3 aromatic rings. The summed E-state index contributed by atoms with van der Waals surface area (Å²) in [5.74, 6) is 0.428. The van der Waals surface area contributed by atoms with Crippen molar-refractivity contribution in [2.75, 3.05) is 0 Å². The average molecular weight is 363 g/mol. The number of carbonyl (C=O) groups is 1. The Morgan fingerprint density at radius 3 is 2.88 bits per heavy atom. The molecule has 2 aromatic carbocycles. The molecule has 6 heteroatoms. The SMILES string of the molecule is Cc1nc(COc2cccc(C(=O)NCc3cccc(C#N)c3)c2)cs1. The number of hydrogen-bond donors (Lipinski definition) is 1. The molecule has 26 heavy (non-hydrogen) atoms. The Kier molecular flexibility index (Phi) is 5.62. The van der Waals surface area contributed by atoms with Crippen molar-refractivity contribution >= 4 is 17.2 Å². The Labute approximate surface area is 155 Å². The molecule has 5 nitrogen and oxygen atoms in total. The number of nitrogens with zero attached hydrogens (tertiary/aromatic N) is 2. The van der Waals surface area contributed by atoms with Crippen LogP contribution in [0.4, 0.5) is 0 Å². The molecule has 3 rings (SSSR count). The molecule has 0 atom stereocenters. The van der Waals surface area contributed by atoms with Crippen LogP contribution in [0.25, 0.3) is 0 Å². The summed E-state index contributed by atoms with van der Waals surface area (Å²) in [6.45, 7) is 2.68. The first-order chi connectivity index (χ1) is 12.6. The van der Waals surface area contributed by atoms with Gasteiger partial charge in [-0.2, -0.15) is 5.26 Å². The van der Waals surface area contributed by atoms with E-state index in [1.807, 2.05) is 24.4 Å². The maximum absolute atomic E-state index is 12.4. The molecule has 0 bridgehead atoms. The summed E-state index contributed by atoms with van der Waals surface area (Å²) < 4.78 is 5.72. The number of aryl methyl sites for hydroxylation is 1. The van der Waals surface area contributed by atoms with Gasteiger partial charge >= 0.3 is 0 Å². The highest BCUT2D eigenvalue weighted by Crippen LogP contribution is 2.16. The van der Waals surface area contributed by atoms with Crippen molar-refractivity contribution in [1.82, 2.24) is 10.3 Å². The lowest BCUT2D eigenvalue weighted by Gasteiger charge is -2.08. The maximum Gasteiger partial charge on any atom is 0.251 e. The van der Waals surface area contributed by atoms with Gasteiger partial charge in [0.05, 0.1) is 22.3 Å². The fraction of sp³-hybridized carbons (Fsp3) is 0.150. The van der Waals surface area contributed by atoms with Gasteiger partial charge in [-0.3, -0.25) is 4.79 Å². The van der Waals surface area contributed by atoms with Crippen molar-refractivity contribution in [2.24, 2.45) is 0 Å². The van der Waals surface area contributed by atoms with E-state index in [-0.39, 0.29) is 5.91 Å². The number of amides is 1. The molecule has 0 spiro atoms. The summed E-state index contributed by atoms with van der Waals surface area (Å²) in [6.07, 6.45) is 0. The van der Waals surface area contributed by atoms with E-state index in [9.17, 15) is 4.79 Å². The quantitative estimate of drug-likeness (QED) is 0.722. The molecular weight excluding hydrogens is 346 g/mol. The zero-order valence-electron chi connectivity index (χ0n) is 14.2. The van der Waals surface area contributed by atoms with Gasteiger partial charge in [-0.05, 0) is 42.8 Å². The van der Waals surface area contributed by atoms with Crippen LogP contribution in [0.5, 0.6) is 5.75 Å². The Balaban J connectivity index is 1.59. The van der Waals surface area contributed by atoms with Crippen LogP contribution < -0.4 is 10.1 Å². The highest BCUT2D eigenvalue weighted by Gasteiger charge is 2.08. The van der Waals surface area contributed by atoms with Crippen LogP contribution in [0, 0.1) is 18.3 Å². The first kappa shape index (κ1) is 17.6. The topological polar surface area (TPSA) is 75.0 Å². The van der Waals surface area contributed by atoms with Gasteiger partial charge in [0.2, 0.25) is 0 Å². The van der Waals surface area contributed by atoms with Crippen LogP contribution in [-0.2, 0) is 13.2 Å². The number of thiazole rings is 1. The summed E-state index contributed by atoms with van der Waals surface area (Å²) in [6, 6.07) is 16.3. The van der Waals surface area contributed by atoms with Crippen molar-refractivity contribution in [2.45, 2.75) is 20.1 Å². The minimum Gasteiger partial charge on any atom is -0.487 e. The number of ether oxygens (including phenoxy) is 1. The minimum absolute atomic E-state index is 0.192. The van der Waals surface area contributed by atoms with E-state index in [2.05, 4.69) is 16.4 Å². The molecule has 0 aliphatic carbocycles. The predicted molar refractivity (Wildman–Crippen MR) is 100.0 cm³/mol. The largest absolute Gasteiger partial charge is 0.487 e. The normalized spacial score (nSPS) is 10.2. The Bertz CT molecular complexity index is 959. The maximum atomic E-state index is 12.4. The fourth-order valence-corrected chi connectivity index (χ4v) is 2.99. The molecule has 130 valence electrons. The van der Waals surface area contributed by atoms with E-state index in [1.165, 1.54) is 0 Å². The molecule has 1 N–H and O–H groups in total. The molecule has 1 aromatic heterocycles. The van der Waals surface area contributed by atoms with Crippen molar-refractivity contribution in [3.05, 3.63) is 81.3 Å². The minimum atomic E-state index is -0.192. The predicted octanol–water partition coefficient (Wildman–Crippen LogP) is 3.83. The molecular formula is C20H17N3O2S. The number of nitriles is 1. The van der Waals surface area contributed by atoms with Gasteiger partial charge in [0, 0.05) is 17.5 Å². The molecule has 0 unspecified atom stereocenters. The van der Waals surface area contributed by atoms with Crippen LogP contribution in [0.3, 0.4) is 0 Å². The molecule has 0 aliphatic heterocycles. The number of hydrogen-bond acceptors (Lipinski definition) is 5. The zero-order valence-corrected chi connectivity index (χ0v) is 15.0. The Morgan fingerprint density at radius 1 is 1.27 bits per heavy atom. The van der Waals surface area contributed by atoms with E-state index in [1.54, 1.807) is 47.7 Å². The zero-order chi connectivity index (χ0) is 18.4. The lowest BCUT2D eigenvalue weighted by Crippen LogP contribution is -2.22. The number of aromatic nitrogens is 1. The average Bonchev–Trinajstić information content (AvgIpc) is 3.10. The van der Waals surface area contributed by atoms with Gasteiger partial charge in [0.15, 0.2) is 0 Å². The lowest BCUT2D eigenvalue weighted by atomic mass is 10.1. The summed E-state index contributed by atoms with van der Waals surface area (Å²) in [4.78, 5) is 16.7. The summed E-state index contributed by atoms with van der Waals surface area (Å²) in [7, 11) is 0. The second kappa shape index (κ2) is 8.28. The summed E-state index contributed by atoms with van der Waals surface area (Å²) in [5.41, 5.74) is 2.85. The van der Waals surface area contributed by atoms with Crippen molar-refractivity contribution in [3.63, 3.8) is 0 Å². The molecule has 1 heterocycles. The van der Waals surface area contributed by atoms with E-state index < -0.39 is 0 Å². The third-order valence-corrected chi connectivity index (χ3v) is 4.48. The van der Waals surface area contributed by atoms with Crippen LogP contribution in [0.1, 0.15) is 32.2 Å². The van der Waals surface area contributed by atoms with E-state index in [0.29, 0.717) is 30.0 Å². The van der Waals surface area contributed by atoms with Crippen molar-refractivity contribution < 1.29 is 9.53 Å². The smallest absolute Gasteiger partial charge is 0.251 e. The van der Waals surface area contributed by atoms with Crippen LogP contribution in [0.15, 0.2) is 53.9 Å². The van der Waals surface area contributed by atoms with E-state index >= 15 is 0 Å². The number of nitrogens with one attached hydrogen (secondary N) is 1.